The van der Waals surface area contributed by atoms with E-state index in [-0.39, 0.29) is 23.6 Å². The highest BCUT2D eigenvalue weighted by Gasteiger charge is 2.27. The molecule has 3 nitrogen and oxygen atoms in total. The number of hydrogen-bond acceptors (Lipinski definition) is 2. The lowest BCUT2D eigenvalue weighted by Crippen LogP contribution is -2.37. The highest BCUT2D eigenvalue weighted by atomic mass is 19.1. The number of likely N-dealkylation sites (tertiary alicyclic amines) is 1. The highest BCUT2D eigenvalue weighted by molar-refractivity contribution is 5.78. The molecule has 1 fully saturated rings. The lowest BCUT2D eigenvalue weighted by molar-refractivity contribution is -0.122. The van der Waals surface area contributed by atoms with Crippen molar-refractivity contribution in [2.24, 2.45) is 0 Å². The van der Waals surface area contributed by atoms with Gasteiger partial charge in [-0.1, -0.05) is 24.3 Å². The van der Waals surface area contributed by atoms with Gasteiger partial charge in [0.05, 0.1) is 6.54 Å². The number of nitrogens with zero attached hydrogens (tertiary/aromatic N) is 1. The maximum atomic E-state index is 13.1. The van der Waals surface area contributed by atoms with Crippen LogP contribution in [0.3, 0.4) is 0 Å². The monoisotopic (exact) mass is 344 g/mol. The van der Waals surface area contributed by atoms with Crippen LogP contribution in [-0.2, 0) is 11.2 Å². The molecule has 0 spiro atoms. The van der Waals surface area contributed by atoms with Crippen molar-refractivity contribution in [1.82, 2.24) is 10.2 Å². The van der Waals surface area contributed by atoms with Crippen molar-refractivity contribution >= 4 is 5.91 Å². The number of amides is 1. The topological polar surface area (TPSA) is 32.3 Å². The second-order valence-electron chi connectivity index (χ2n) is 6.41. The number of rotatable bonds is 6. The van der Waals surface area contributed by atoms with E-state index >= 15 is 0 Å². The molecule has 1 aliphatic rings. The first-order valence-corrected chi connectivity index (χ1v) is 8.62. The fraction of sp³-hybridized carbons (Fsp3) is 0.350. The van der Waals surface area contributed by atoms with Crippen molar-refractivity contribution in [3.8, 4) is 0 Å². The number of nitrogens with one attached hydrogen (secondary N) is 1. The normalized spacial score (nSPS) is 17.6. The lowest BCUT2D eigenvalue weighted by Gasteiger charge is -2.24. The van der Waals surface area contributed by atoms with Crippen molar-refractivity contribution in [2.45, 2.75) is 25.3 Å². The average molecular weight is 344 g/mol. The van der Waals surface area contributed by atoms with E-state index in [0.29, 0.717) is 19.5 Å². The molecule has 1 aliphatic heterocycles. The first-order chi connectivity index (χ1) is 12.1. The van der Waals surface area contributed by atoms with Gasteiger partial charge in [0.1, 0.15) is 11.6 Å². The summed E-state index contributed by atoms with van der Waals surface area (Å²) in [5, 5.41) is 2.92. The largest absolute Gasteiger partial charge is 0.355 e. The van der Waals surface area contributed by atoms with Crippen LogP contribution in [0.2, 0.25) is 0 Å². The van der Waals surface area contributed by atoms with Gasteiger partial charge in [0.15, 0.2) is 0 Å². The first kappa shape index (κ1) is 17.5. The van der Waals surface area contributed by atoms with Gasteiger partial charge in [-0.25, -0.2) is 8.78 Å². The zero-order chi connectivity index (χ0) is 17.6. The Morgan fingerprint density at radius 2 is 1.68 bits per heavy atom. The van der Waals surface area contributed by atoms with Gasteiger partial charge in [0.2, 0.25) is 5.91 Å². The molecule has 3 rings (SSSR count). The Balaban J connectivity index is 1.48. The van der Waals surface area contributed by atoms with E-state index in [4.69, 9.17) is 0 Å². The van der Waals surface area contributed by atoms with Gasteiger partial charge in [0, 0.05) is 12.6 Å². The van der Waals surface area contributed by atoms with Gasteiger partial charge >= 0.3 is 0 Å². The zero-order valence-electron chi connectivity index (χ0n) is 14.1. The predicted molar refractivity (Wildman–Crippen MR) is 93.1 cm³/mol. The summed E-state index contributed by atoms with van der Waals surface area (Å²) in [4.78, 5) is 14.3. The van der Waals surface area contributed by atoms with Gasteiger partial charge in [0.25, 0.3) is 0 Å². The number of carbonyl (C=O) groups excluding carboxylic acids is 1. The zero-order valence-corrected chi connectivity index (χ0v) is 14.1. The number of hydrogen-bond donors (Lipinski definition) is 1. The Kier molecular flexibility index (Phi) is 5.76. The first-order valence-electron chi connectivity index (χ1n) is 8.62. The minimum Gasteiger partial charge on any atom is -0.355 e. The fourth-order valence-corrected chi connectivity index (χ4v) is 3.32. The maximum Gasteiger partial charge on any atom is 0.234 e. The average Bonchev–Trinajstić information content (AvgIpc) is 3.05. The van der Waals surface area contributed by atoms with E-state index < -0.39 is 0 Å². The van der Waals surface area contributed by atoms with Crippen molar-refractivity contribution in [2.75, 3.05) is 19.6 Å². The summed E-state index contributed by atoms with van der Waals surface area (Å²) in [5.41, 5.74) is 2.05. The molecule has 0 aromatic heterocycles. The summed E-state index contributed by atoms with van der Waals surface area (Å²) < 4.78 is 26.0. The van der Waals surface area contributed by atoms with E-state index in [2.05, 4.69) is 10.2 Å². The van der Waals surface area contributed by atoms with Gasteiger partial charge in [-0.05, 0) is 61.2 Å². The van der Waals surface area contributed by atoms with E-state index in [1.165, 1.54) is 24.3 Å². The Morgan fingerprint density at radius 1 is 1.04 bits per heavy atom. The summed E-state index contributed by atoms with van der Waals surface area (Å²) in [6, 6.07) is 13.0. The Hall–Kier alpha value is -2.27. The molecule has 5 heteroatoms. The molecule has 1 amide bonds. The van der Waals surface area contributed by atoms with E-state index in [0.717, 1.165) is 30.5 Å². The SMILES string of the molecule is O=C(CN1CCCC1c1ccc(F)cc1)NCCc1ccc(F)cc1. The molecular weight excluding hydrogens is 322 g/mol. The molecule has 132 valence electrons. The molecule has 0 saturated carbocycles. The van der Waals surface area contributed by atoms with Crippen molar-refractivity contribution in [1.29, 1.82) is 0 Å². The third kappa shape index (κ3) is 4.86. The second kappa shape index (κ2) is 8.21. The van der Waals surface area contributed by atoms with Crippen LogP contribution < -0.4 is 5.32 Å². The van der Waals surface area contributed by atoms with Crippen LogP contribution in [0.25, 0.3) is 0 Å². The van der Waals surface area contributed by atoms with Crippen molar-refractivity contribution in [3.63, 3.8) is 0 Å². The van der Waals surface area contributed by atoms with Crippen LogP contribution in [0, 0.1) is 11.6 Å². The predicted octanol–water partition coefficient (Wildman–Crippen LogP) is 3.46. The van der Waals surface area contributed by atoms with Gasteiger partial charge in [-0.3, -0.25) is 9.69 Å². The quantitative estimate of drug-likeness (QED) is 0.870. The molecule has 1 heterocycles. The van der Waals surface area contributed by atoms with Gasteiger partial charge in [-0.15, -0.1) is 0 Å². The number of halogens is 2. The maximum absolute atomic E-state index is 13.1. The van der Waals surface area contributed by atoms with Crippen LogP contribution in [0.15, 0.2) is 48.5 Å². The second-order valence-corrected chi connectivity index (χ2v) is 6.41. The van der Waals surface area contributed by atoms with E-state index in [9.17, 15) is 13.6 Å². The molecule has 2 aromatic rings. The highest BCUT2D eigenvalue weighted by Crippen LogP contribution is 2.31. The summed E-state index contributed by atoms with van der Waals surface area (Å²) in [5.74, 6) is -0.517. The van der Waals surface area contributed by atoms with Crippen LogP contribution in [-0.4, -0.2) is 30.4 Å². The fourth-order valence-electron chi connectivity index (χ4n) is 3.32. The molecule has 1 unspecified atom stereocenters. The van der Waals surface area contributed by atoms with Crippen molar-refractivity contribution < 1.29 is 13.6 Å². The molecule has 1 saturated heterocycles. The molecular formula is C20H22F2N2O. The molecule has 1 N–H and O–H groups in total. The molecule has 1 atom stereocenters. The molecule has 0 bridgehead atoms. The molecule has 0 radical (unpaired) electrons. The molecule has 0 aliphatic carbocycles. The number of carbonyl (C=O) groups is 1. The third-order valence-electron chi connectivity index (χ3n) is 4.61. The summed E-state index contributed by atoms with van der Waals surface area (Å²) in [7, 11) is 0. The van der Waals surface area contributed by atoms with Gasteiger partial charge in [-0.2, -0.15) is 0 Å². The summed E-state index contributed by atoms with van der Waals surface area (Å²) >= 11 is 0. The summed E-state index contributed by atoms with van der Waals surface area (Å²) in [6.07, 6.45) is 2.69. The Morgan fingerprint density at radius 3 is 2.36 bits per heavy atom. The van der Waals surface area contributed by atoms with Crippen LogP contribution >= 0.6 is 0 Å². The standard InChI is InChI=1S/C20H22F2N2O/c21-17-7-3-15(4-8-17)11-12-23-20(25)14-24-13-1-2-19(24)16-5-9-18(22)10-6-16/h3-10,19H,1-2,11-14H2,(H,23,25). The minimum atomic E-state index is -0.256. The summed E-state index contributed by atoms with van der Waals surface area (Å²) in [6.45, 7) is 1.73. The molecule has 25 heavy (non-hydrogen) atoms. The van der Waals surface area contributed by atoms with E-state index in [1.807, 2.05) is 0 Å². The van der Waals surface area contributed by atoms with Crippen LogP contribution in [0.4, 0.5) is 8.78 Å². The van der Waals surface area contributed by atoms with E-state index in [1.54, 1.807) is 24.3 Å². The van der Waals surface area contributed by atoms with Crippen molar-refractivity contribution in [3.05, 3.63) is 71.3 Å². The Labute approximate surface area is 146 Å². The number of benzene rings is 2. The smallest absolute Gasteiger partial charge is 0.234 e. The lowest BCUT2D eigenvalue weighted by atomic mass is 10.0. The third-order valence-corrected chi connectivity index (χ3v) is 4.61. The minimum absolute atomic E-state index is 0.0175. The molecule has 2 aromatic carbocycles. The van der Waals surface area contributed by atoms with Crippen LogP contribution in [0.1, 0.15) is 30.0 Å². The van der Waals surface area contributed by atoms with Crippen LogP contribution in [0.5, 0.6) is 0 Å². The van der Waals surface area contributed by atoms with Gasteiger partial charge < -0.3 is 5.32 Å². The Bertz CT molecular complexity index is 701.